The number of hydrogen-bond acceptors (Lipinski definition) is 13. The van der Waals surface area contributed by atoms with Gasteiger partial charge in [0.1, 0.15) is 17.6 Å². The van der Waals surface area contributed by atoms with Crippen molar-refractivity contribution in [2.75, 3.05) is 43.5 Å². The molecule has 300 valence electrons. The molecular formula is C41H55N3O11. The van der Waals surface area contributed by atoms with E-state index in [1.807, 2.05) is 4.90 Å². The lowest BCUT2D eigenvalue weighted by atomic mass is 9.78. The highest BCUT2D eigenvalue weighted by Crippen LogP contribution is 2.54. The number of aromatic hydroxyl groups is 2. The number of nitrogens with zero attached hydrogens (tertiary/aromatic N) is 1. The van der Waals surface area contributed by atoms with E-state index in [2.05, 4.69) is 10.6 Å². The summed E-state index contributed by atoms with van der Waals surface area (Å²) in [7, 11) is 1.47. The number of esters is 1. The Morgan fingerprint density at radius 1 is 0.964 bits per heavy atom. The van der Waals surface area contributed by atoms with Gasteiger partial charge in [0.05, 0.1) is 41.2 Å². The molecule has 5 bridgehead atoms. The van der Waals surface area contributed by atoms with Crippen molar-refractivity contribution in [2.24, 2.45) is 23.7 Å². The van der Waals surface area contributed by atoms with E-state index >= 15 is 0 Å². The van der Waals surface area contributed by atoms with E-state index in [9.17, 15) is 34.8 Å². The van der Waals surface area contributed by atoms with E-state index in [1.54, 1.807) is 71.9 Å². The molecule has 0 spiro atoms. The Morgan fingerprint density at radius 3 is 2.27 bits per heavy atom. The summed E-state index contributed by atoms with van der Waals surface area (Å²) in [5.41, 5.74) is 1.12. The minimum Gasteiger partial charge on any atom is -0.507 e. The second-order valence-corrected chi connectivity index (χ2v) is 15.2. The van der Waals surface area contributed by atoms with Crippen LogP contribution in [0.15, 0.2) is 42.2 Å². The number of hydrogen-bond donors (Lipinski definition) is 6. The van der Waals surface area contributed by atoms with E-state index in [0.29, 0.717) is 31.9 Å². The number of piperazine rings is 1. The van der Waals surface area contributed by atoms with E-state index in [0.717, 1.165) is 0 Å². The average molecular weight is 766 g/mol. The van der Waals surface area contributed by atoms with Crippen LogP contribution >= 0.6 is 0 Å². The van der Waals surface area contributed by atoms with Crippen LogP contribution in [0.4, 0.5) is 11.4 Å². The highest BCUT2D eigenvalue weighted by atomic mass is 16.7. The summed E-state index contributed by atoms with van der Waals surface area (Å²) in [5.74, 6) is -6.52. The number of ketones is 1. The normalized spacial score (nSPS) is 33.0. The van der Waals surface area contributed by atoms with Gasteiger partial charge >= 0.3 is 11.8 Å². The third-order valence-corrected chi connectivity index (χ3v) is 11.3. The zero-order chi connectivity index (χ0) is 40.5. The van der Waals surface area contributed by atoms with Gasteiger partial charge < -0.3 is 54.9 Å². The maximum Gasteiger partial charge on any atom is 0.312 e. The molecule has 2 aromatic rings. The first-order chi connectivity index (χ1) is 25.9. The van der Waals surface area contributed by atoms with Crippen molar-refractivity contribution in [3.05, 3.63) is 53.3 Å². The number of carbonyl (C=O) groups excluding carboxylic acids is 3. The van der Waals surface area contributed by atoms with Crippen molar-refractivity contribution in [3.63, 3.8) is 0 Å². The van der Waals surface area contributed by atoms with Crippen LogP contribution in [0.5, 0.6) is 17.2 Å². The van der Waals surface area contributed by atoms with Crippen LogP contribution in [0, 0.1) is 30.6 Å². The van der Waals surface area contributed by atoms with E-state index < -0.39 is 77.3 Å². The molecule has 1 amide bonds. The second-order valence-electron chi connectivity index (χ2n) is 15.2. The van der Waals surface area contributed by atoms with Crippen LogP contribution in [0.1, 0.15) is 64.4 Å². The summed E-state index contributed by atoms with van der Waals surface area (Å²) in [4.78, 5) is 42.4. The van der Waals surface area contributed by atoms with Crippen LogP contribution in [0.25, 0.3) is 10.8 Å². The van der Waals surface area contributed by atoms with Gasteiger partial charge in [-0.2, -0.15) is 0 Å². The van der Waals surface area contributed by atoms with E-state index in [4.69, 9.17) is 18.9 Å². The molecule has 0 aliphatic carbocycles. The lowest BCUT2D eigenvalue weighted by Crippen LogP contribution is -2.46. The number of amides is 1. The Morgan fingerprint density at radius 2 is 1.64 bits per heavy atom. The number of benzene rings is 2. The standard InChI is InChI=1S/C41H55N3O11/c1-20-11-10-12-21(2)40(51)43-27-19-28(44-16-14-42-15-17-44)30-31(36(27)49)35(48)25(6)38-32(30)39(50)41(8,55-38)53-18-13-29(52-9)22(3)37(54-26(7)45)24(5)34(47)23(4)33(20)46/h10-13,18-20,22-24,29,33-34,37,42,46-49H,14-17H2,1-9H3,(H,43,51)/b11-10+,18-13+,21-12-/t20-,22+,23+,24+,29-,33-,34+,37+,41-/m0/s1. The van der Waals surface area contributed by atoms with Gasteiger partial charge in [0.2, 0.25) is 0 Å². The molecule has 9 atom stereocenters. The van der Waals surface area contributed by atoms with E-state index in [1.165, 1.54) is 27.2 Å². The van der Waals surface area contributed by atoms with Crippen LogP contribution < -0.4 is 20.3 Å². The maximum atomic E-state index is 14.5. The van der Waals surface area contributed by atoms with Crippen LogP contribution in [0.3, 0.4) is 0 Å². The number of methoxy groups -OCH3 is 1. The molecule has 55 heavy (non-hydrogen) atoms. The predicted octanol–water partition coefficient (Wildman–Crippen LogP) is 4.46. The number of carbonyl (C=O) groups is 3. The zero-order valence-corrected chi connectivity index (χ0v) is 33.0. The molecule has 2 aromatic carbocycles. The molecule has 1 saturated heterocycles. The molecule has 6 N–H and O–H groups in total. The number of anilines is 2. The molecule has 4 aliphatic rings. The number of phenolic OH excluding ortho intramolecular Hbond substituents is 2. The van der Waals surface area contributed by atoms with Gasteiger partial charge in [0, 0.05) is 93.0 Å². The van der Waals surface area contributed by atoms with Crippen molar-refractivity contribution in [1.82, 2.24) is 5.32 Å². The van der Waals surface area contributed by atoms with E-state index in [-0.39, 0.29) is 44.7 Å². The molecule has 0 saturated carbocycles. The average Bonchev–Trinajstić information content (AvgIpc) is 3.42. The van der Waals surface area contributed by atoms with Gasteiger partial charge in [-0.15, -0.1) is 0 Å². The third kappa shape index (κ3) is 8.04. The molecule has 14 heteroatoms. The molecule has 4 heterocycles. The first-order valence-electron chi connectivity index (χ1n) is 18.7. The molecule has 6 rings (SSSR count). The molecule has 1 fully saturated rings. The molecule has 0 radical (unpaired) electrons. The van der Waals surface area contributed by atoms with Crippen molar-refractivity contribution in [3.8, 4) is 17.2 Å². The Hall–Kier alpha value is -4.63. The summed E-state index contributed by atoms with van der Waals surface area (Å²) in [6, 6.07) is 1.59. The number of aliphatic hydroxyl groups excluding tert-OH is 2. The number of rotatable bonds is 3. The molecule has 14 nitrogen and oxygen atoms in total. The van der Waals surface area contributed by atoms with Crippen molar-refractivity contribution >= 4 is 39.8 Å². The van der Waals surface area contributed by atoms with Crippen molar-refractivity contribution in [2.45, 2.75) is 85.6 Å². The lowest BCUT2D eigenvalue weighted by molar-refractivity contribution is -0.160. The number of nitrogens with one attached hydrogen (secondary N) is 2. The Kier molecular flexibility index (Phi) is 12.5. The Balaban J connectivity index is 1.69. The topological polar surface area (TPSA) is 196 Å². The minimum atomic E-state index is -1.90. The first-order valence-corrected chi connectivity index (χ1v) is 18.7. The van der Waals surface area contributed by atoms with Crippen molar-refractivity contribution < 1.29 is 53.8 Å². The summed E-state index contributed by atoms with van der Waals surface area (Å²) in [6.07, 6.45) is 4.04. The number of fused-ring (bicyclic) bond motifs is 14. The largest absolute Gasteiger partial charge is 0.507 e. The number of ether oxygens (including phenoxy) is 4. The van der Waals surface area contributed by atoms with Gasteiger partial charge in [-0.25, -0.2) is 0 Å². The monoisotopic (exact) mass is 765 g/mol. The van der Waals surface area contributed by atoms with Crippen LogP contribution in [-0.2, 0) is 23.8 Å². The number of phenols is 2. The summed E-state index contributed by atoms with van der Waals surface area (Å²) < 4.78 is 23.8. The predicted molar refractivity (Wildman–Crippen MR) is 207 cm³/mol. The molecular weight excluding hydrogens is 710 g/mol. The smallest absolute Gasteiger partial charge is 0.312 e. The van der Waals surface area contributed by atoms with Crippen LogP contribution in [-0.4, -0.2) is 102 Å². The Labute approximate surface area is 321 Å². The second kappa shape index (κ2) is 16.6. The number of aliphatic hydroxyl groups is 2. The fourth-order valence-corrected chi connectivity index (χ4v) is 7.81. The molecule has 0 aromatic heterocycles. The third-order valence-electron chi connectivity index (χ3n) is 11.3. The highest BCUT2D eigenvalue weighted by Gasteiger charge is 2.49. The van der Waals surface area contributed by atoms with Gasteiger partial charge in [0.15, 0.2) is 5.75 Å². The molecule has 4 aliphatic heterocycles. The molecule has 0 unspecified atom stereocenters. The quantitative estimate of drug-likeness (QED) is 0.190. The Bertz CT molecular complexity index is 1900. The van der Waals surface area contributed by atoms with Crippen LogP contribution in [0.2, 0.25) is 0 Å². The summed E-state index contributed by atoms with van der Waals surface area (Å²) in [6.45, 7) is 15.3. The number of allylic oxidation sites excluding steroid dienone is 2. The maximum absolute atomic E-state index is 14.5. The zero-order valence-electron chi connectivity index (χ0n) is 33.0. The van der Waals surface area contributed by atoms with Gasteiger partial charge in [-0.05, 0) is 26.0 Å². The lowest BCUT2D eigenvalue weighted by Gasteiger charge is -2.38. The summed E-state index contributed by atoms with van der Waals surface area (Å²) in [5, 5.41) is 52.5. The highest BCUT2D eigenvalue weighted by molar-refractivity contribution is 6.23. The fourth-order valence-electron chi connectivity index (χ4n) is 7.81. The summed E-state index contributed by atoms with van der Waals surface area (Å²) >= 11 is 0. The fraction of sp³-hybridized carbons (Fsp3) is 0.537. The number of Topliss-reactive ketones (excluding diaryl/α,β-unsaturated/α-hetero) is 1. The minimum absolute atomic E-state index is 0.0201. The van der Waals surface area contributed by atoms with Crippen molar-refractivity contribution in [1.29, 1.82) is 0 Å². The van der Waals surface area contributed by atoms with Gasteiger partial charge in [0.25, 0.3) is 11.7 Å². The SMILES string of the molecule is CO[C@H]1/C=C/O[C@@]2(C)Oc3c(C)c(O)c4c(O)c(cc(N5CCNCC5)c4c3C2=O)NC(=O)/C(C)=C\C=C\[C@H](C)[C@H](O)[C@@H](C)[C@@H](O)[C@@H](C)[C@H](OC(C)=O)[C@@H]1C. The van der Waals surface area contributed by atoms with Gasteiger partial charge in [-0.1, -0.05) is 45.9 Å². The van der Waals surface area contributed by atoms with Gasteiger partial charge in [-0.3, -0.25) is 14.4 Å². The first kappa shape index (κ1) is 41.5.